The molecule has 7 atom stereocenters. The van der Waals surface area contributed by atoms with Crippen LogP contribution in [0.1, 0.15) is 65.7 Å². The number of amides is 1. The summed E-state index contributed by atoms with van der Waals surface area (Å²) in [7, 11) is 2.02. The van der Waals surface area contributed by atoms with Gasteiger partial charge in [-0.05, 0) is 73.0 Å². The van der Waals surface area contributed by atoms with Gasteiger partial charge in [-0.1, -0.05) is 25.9 Å². The highest BCUT2D eigenvalue weighted by Crippen LogP contribution is 2.65. The van der Waals surface area contributed by atoms with Gasteiger partial charge in [0.15, 0.2) is 0 Å². The first-order chi connectivity index (χ1) is 11.3. The second-order valence-electron chi connectivity index (χ2n) is 9.77. The second-order valence-corrected chi connectivity index (χ2v) is 9.77. The van der Waals surface area contributed by atoms with Crippen molar-refractivity contribution in [2.24, 2.45) is 39.7 Å². The molecule has 134 valence electrons. The molecule has 4 heteroatoms. The molecule has 1 N–H and O–H groups in total. The van der Waals surface area contributed by atoms with Crippen LogP contribution in [0.25, 0.3) is 0 Å². The minimum atomic E-state index is 0.264. The van der Waals surface area contributed by atoms with Gasteiger partial charge in [-0.2, -0.15) is 0 Å². The third kappa shape index (κ3) is 2.04. The number of rotatable bonds is 0. The molecule has 0 spiro atoms. The number of oxime groups is 1. The van der Waals surface area contributed by atoms with Gasteiger partial charge in [0.05, 0.1) is 5.71 Å². The molecular weight excluding hydrogens is 300 g/mol. The highest BCUT2D eigenvalue weighted by Gasteiger charge is 2.61. The van der Waals surface area contributed by atoms with Crippen LogP contribution in [0.3, 0.4) is 0 Å². The molecule has 4 aliphatic rings. The number of likely N-dealkylation sites (tertiary alicyclic amines) is 1. The summed E-state index contributed by atoms with van der Waals surface area (Å²) < 4.78 is 0. The molecule has 0 bridgehead atoms. The Balaban J connectivity index is 1.70. The Labute approximate surface area is 145 Å². The van der Waals surface area contributed by atoms with Crippen LogP contribution >= 0.6 is 0 Å². The topological polar surface area (TPSA) is 52.9 Å². The molecule has 24 heavy (non-hydrogen) atoms. The normalized spacial score (nSPS) is 52.8. The lowest BCUT2D eigenvalue weighted by Gasteiger charge is -2.63. The first kappa shape index (κ1) is 16.4. The molecule has 4 rings (SSSR count). The molecule has 1 heterocycles. The van der Waals surface area contributed by atoms with Crippen LogP contribution in [0.4, 0.5) is 0 Å². The van der Waals surface area contributed by atoms with E-state index in [9.17, 15) is 10.0 Å². The van der Waals surface area contributed by atoms with Gasteiger partial charge in [0.1, 0.15) is 0 Å². The maximum Gasteiger partial charge on any atom is 0.222 e. The number of fused-ring (bicyclic) bond motifs is 5. The van der Waals surface area contributed by atoms with Crippen LogP contribution in [0.2, 0.25) is 0 Å². The Morgan fingerprint density at radius 2 is 2.00 bits per heavy atom. The van der Waals surface area contributed by atoms with Crippen molar-refractivity contribution in [1.29, 1.82) is 0 Å². The number of carbonyl (C=O) groups excluding carboxylic acids is 1. The molecule has 4 fully saturated rings. The van der Waals surface area contributed by atoms with Crippen LogP contribution in [-0.4, -0.2) is 34.8 Å². The Bertz CT molecular complexity index is 588. The molecule has 1 amide bonds. The molecule has 0 aromatic carbocycles. The van der Waals surface area contributed by atoms with E-state index in [1.54, 1.807) is 0 Å². The predicted octanol–water partition coefficient (Wildman–Crippen LogP) is 3.93. The standard InChI is InChI=1S/C20H32N2O2/c1-12-9-16-20(3,8-6-17(23)22(16)4)14-5-7-19(2)11-13(21-24)10-15(19)18(12)14/h12,14-16,18,24H,5-11H2,1-4H3/b21-13+/t12-,14?,15?,16?,18?,19+,20+/m0/s1. The van der Waals surface area contributed by atoms with Crippen molar-refractivity contribution in [3.63, 3.8) is 0 Å². The van der Waals surface area contributed by atoms with Crippen molar-refractivity contribution < 1.29 is 10.0 Å². The average Bonchev–Trinajstić information content (AvgIpc) is 2.90. The van der Waals surface area contributed by atoms with Gasteiger partial charge >= 0.3 is 0 Å². The zero-order chi connectivity index (χ0) is 17.3. The van der Waals surface area contributed by atoms with E-state index in [-0.39, 0.29) is 5.41 Å². The first-order valence-corrected chi connectivity index (χ1v) is 9.75. The second kappa shape index (κ2) is 5.22. The minimum absolute atomic E-state index is 0.264. The van der Waals surface area contributed by atoms with E-state index < -0.39 is 0 Å². The molecule has 0 aromatic heterocycles. The lowest BCUT2D eigenvalue weighted by atomic mass is 9.45. The summed E-state index contributed by atoms with van der Waals surface area (Å²) in [6, 6.07) is 0.409. The Kier molecular flexibility index (Phi) is 3.57. The van der Waals surface area contributed by atoms with E-state index in [0.29, 0.717) is 47.5 Å². The molecule has 0 radical (unpaired) electrons. The van der Waals surface area contributed by atoms with Crippen molar-refractivity contribution in [2.45, 2.75) is 71.8 Å². The van der Waals surface area contributed by atoms with Crippen LogP contribution in [0.5, 0.6) is 0 Å². The largest absolute Gasteiger partial charge is 0.411 e. The minimum Gasteiger partial charge on any atom is -0.411 e. The van der Waals surface area contributed by atoms with Gasteiger partial charge in [-0.15, -0.1) is 0 Å². The fourth-order valence-electron chi connectivity index (χ4n) is 7.35. The van der Waals surface area contributed by atoms with Gasteiger partial charge in [0, 0.05) is 19.5 Å². The van der Waals surface area contributed by atoms with Gasteiger partial charge < -0.3 is 10.1 Å². The van der Waals surface area contributed by atoms with Crippen molar-refractivity contribution in [3.8, 4) is 0 Å². The molecule has 3 aliphatic carbocycles. The van der Waals surface area contributed by atoms with E-state index in [1.807, 2.05) is 7.05 Å². The van der Waals surface area contributed by atoms with Crippen molar-refractivity contribution in [2.75, 3.05) is 7.05 Å². The molecular formula is C20H32N2O2. The molecule has 4 nitrogen and oxygen atoms in total. The number of hydrogen-bond acceptors (Lipinski definition) is 3. The summed E-state index contributed by atoms with van der Waals surface area (Å²) in [5, 5.41) is 12.9. The zero-order valence-electron chi connectivity index (χ0n) is 15.6. The van der Waals surface area contributed by atoms with E-state index in [1.165, 1.54) is 12.8 Å². The van der Waals surface area contributed by atoms with Crippen LogP contribution in [0.15, 0.2) is 5.16 Å². The summed E-state index contributed by atoms with van der Waals surface area (Å²) in [5.74, 6) is 3.05. The summed E-state index contributed by atoms with van der Waals surface area (Å²) in [5.41, 5.74) is 1.59. The number of carbonyl (C=O) groups is 1. The molecule has 4 unspecified atom stereocenters. The molecule has 1 aliphatic heterocycles. The lowest BCUT2D eigenvalue weighted by molar-refractivity contribution is -0.164. The highest BCUT2D eigenvalue weighted by molar-refractivity contribution is 5.87. The average molecular weight is 332 g/mol. The Morgan fingerprint density at radius 3 is 2.71 bits per heavy atom. The Morgan fingerprint density at radius 1 is 1.25 bits per heavy atom. The number of nitrogens with zero attached hydrogens (tertiary/aromatic N) is 2. The summed E-state index contributed by atoms with van der Waals surface area (Å²) >= 11 is 0. The smallest absolute Gasteiger partial charge is 0.222 e. The first-order valence-electron chi connectivity index (χ1n) is 9.75. The maximum absolute atomic E-state index is 12.3. The van der Waals surface area contributed by atoms with E-state index in [4.69, 9.17) is 0 Å². The maximum atomic E-state index is 12.3. The summed E-state index contributed by atoms with van der Waals surface area (Å²) in [6.07, 6.45) is 7.38. The van der Waals surface area contributed by atoms with Gasteiger partial charge in [0.25, 0.3) is 0 Å². The van der Waals surface area contributed by atoms with E-state index >= 15 is 0 Å². The van der Waals surface area contributed by atoms with Gasteiger partial charge in [-0.3, -0.25) is 4.79 Å². The van der Waals surface area contributed by atoms with E-state index in [2.05, 4.69) is 30.8 Å². The van der Waals surface area contributed by atoms with Crippen molar-refractivity contribution >= 4 is 11.6 Å². The summed E-state index contributed by atoms with van der Waals surface area (Å²) in [6.45, 7) is 7.29. The quantitative estimate of drug-likeness (QED) is 0.540. The third-order valence-corrected chi connectivity index (χ3v) is 8.65. The predicted molar refractivity (Wildman–Crippen MR) is 93.9 cm³/mol. The molecule has 0 aromatic rings. The lowest BCUT2D eigenvalue weighted by Crippen LogP contribution is -2.62. The van der Waals surface area contributed by atoms with E-state index in [0.717, 1.165) is 31.4 Å². The van der Waals surface area contributed by atoms with Crippen molar-refractivity contribution in [1.82, 2.24) is 4.90 Å². The number of piperidine rings is 1. The molecule has 1 saturated heterocycles. The van der Waals surface area contributed by atoms with Crippen LogP contribution < -0.4 is 0 Å². The fourth-order valence-corrected chi connectivity index (χ4v) is 7.35. The summed E-state index contributed by atoms with van der Waals surface area (Å²) in [4.78, 5) is 14.3. The van der Waals surface area contributed by atoms with Crippen LogP contribution in [-0.2, 0) is 4.79 Å². The van der Waals surface area contributed by atoms with Crippen LogP contribution in [0, 0.1) is 34.5 Å². The number of hydrogen-bond donors (Lipinski definition) is 1. The third-order valence-electron chi connectivity index (χ3n) is 8.65. The van der Waals surface area contributed by atoms with Crippen molar-refractivity contribution in [3.05, 3.63) is 0 Å². The highest BCUT2D eigenvalue weighted by atomic mass is 16.4. The zero-order valence-corrected chi connectivity index (χ0v) is 15.6. The van der Waals surface area contributed by atoms with Gasteiger partial charge in [-0.25, -0.2) is 0 Å². The Hall–Kier alpha value is -1.06. The fraction of sp³-hybridized carbons (Fsp3) is 0.900. The molecule has 3 saturated carbocycles. The monoisotopic (exact) mass is 332 g/mol. The SMILES string of the molecule is C[C@H]1CC2N(C)C(=O)CC[C@]2(C)C2CC[C@]3(C)C/C(=N/O)CC3C21. The van der Waals surface area contributed by atoms with Gasteiger partial charge in [0.2, 0.25) is 5.91 Å².